The summed E-state index contributed by atoms with van der Waals surface area (Å²) >= 11 is 0. The molecule has 7 nitrogen and oxygen atoms in total. The topological polar surface area (TPSA) is 81.1 Å². The normalized spacial score (nSPS) is 20.8. The summed E-state index contributed by atoms with van der Waals surface area (Å²) in [5.74, 6) is 0.804. The van der Waals surface area contributed by atoms with E-state index in [0.717, 1.165) is 5.56 Å². The maximum absolute atomic E-state index is 13.4. The molecular formula is C21H23N5O2. The minimum Gasteiger partial charge on any atom is -0.495 e. The van der Waals surface area contributed by atoms with E-state index in [-0.39, 0.29) is 23.9 Å². The van der Waals surface area contributed by atoms with E-state index >= 15 is 0 Å². The lowest BCUT2D eigenvalue weighted by Crippen LogP contribution is -2.46. The summed E-state index contributed by atoms with van der Waals surface area (Å²) in [7, 11) is 1.59. The van der Waals surface area contributed by atoms with E-state index in [4.69, 9.17) is 4.74 Å². The Morgan fingerprint density at radius 3 is 2.68 bits per heavy atom. The number of carbonyl (C=O) groups excluding carboxylic acids is 1. The fourth-order valence-corrected chi connectivity index (χ4v) is 3.72. The van der Waals surface area contributed by atoms with Gasteiger partial charge in [-0.2, -0.15) is 10.1 Å². The first-order valence-electron chi connectivity index (χ1n) is 9.25. The first kappa shape index (κ1) is 18.0. The van der Waals surface area contributed by atoms with Crippen molar-refractivity contribution in [3.8, 4) is 5.75 Å². The summed E-state index contributed by atoms with van der Waals surface area (Å²) in [5, 5.41) is 10.7. The molecule has 0 aliphatic carbocycles. The van der Waals surface area contributed by atoms with Gasteiger partial charge in [0.25, 0.3) is 0 Å². The van der Waals surface area contributed by atoms with E-state index in [0.29, 0.717) is 17.4 Å². The fraction of sp³-hybridized carbons (Fsp3) is 0.286. The Morgan fingerprint density at radius 1 is 1.18 bits per heavy atom. The van der Waals surface area contributed by atoms with Crippen molar-refractivity contribution in [1.29, 1.82) is 0 Å². The second kappa shape index (κ2) is 7.34. The summed E-state index contributed by atoms with van der Waals surface area (Å²) in [6, 6.07) is 15.2. The van der Waals surface area contributed by atoms with Gasteiger partial charge in [-0.3, -0.25) is 4.79 Å². The third-order valence-corrected chi connectivity index (χ3v) is 5.16. The average Bonchev–Trinajstić information content (AvgIpc) is 3.16. The van der Waals surface area contributed by atoms with Crippen molar-refractivity contribution >= 4 is 17.5 Å². The number of benzene rings is 2. The maximum atomic E-state index is 13.4. The summed E-state index contributed by atoms with van der Waals surface area (Å²) in [6.45, 7) is 4.04. The van der Waals surface area contributed by atoms with Crippen LogP contribution in [0.3, 0.4) is 0 Å². The van der Waals surface area contributed by atoms with Gasteiger partial charge in [-0.1, -0.05) is 42.0 Å². The van der Waals surface area contributed by atoms with Gasteiger partial charge in [-0.05, 0) is 31.5 Å². The molecule has 0 spiro atoms. The number of para-hydroxylation sites is 2. The lowest BCUT2D eigenvalue weighted by atomic mass is 9.85. The fourth-order valence-electron chi connectivity index (χ4n) is 3.72. The first-order chi connectivity index (χ1) is 13.6. The smallest absolute Gasteiger partial charge is 0.232 e. The molecule has 1 aliphatic heterocycles. The number of nitrogens with zero attached hydrogens (tertiary/aromatic N) is 3. The molecule has 3 atom stereocenters. The van der Waals surface area contributed by atoms with E-state index in [2.05, 4.69) is 20.7 Å². The Kier molecular flexibility index (Phi) is 4.73. The van der Waals surface area contributed by atoms with Crippen LogP contribution < -0.4 is 15.4 Å². The zero-order valence-electron chi connectivity index (χ0n) is 16.1. The lowest BCUT2D eigenvalue weighted by Gasteiger charge is -2.37. The van der Waals surface area contributed by atoms with Gasteiger partial charge in [-0.15, -0.1) is 0 Å². The number of rotatable bonds is 4. The van der Waals surface area contributed by atoms with Crippen LogP contribution in [0.4, 0.5) is 11.6 Å². The highest BCUT2D eigenvalue weighted by atomic mass is 16.5. The highest BCUT2D eigenvalue weighted by Gasteiger charge is 2.41. The number of hydrogen-bond acceptors (Lipinski definition) is 5. The number of ether oxygens (including phenoxy) is 1. The Morgan fingerprint density at radius 2 is 1.93 bits per heavy atom. The molecule has 2 aromatic carbocycles. The molecule has 0 unspecified atom stereocenters. The van der Waals surface area contributed by atoms with Crippen LogP contribution in [0.5, 0.6) is 5.75 Å². The number of aromatic nitrogens is 3. The molecule has 1 aromatic heterocycles. The van der Waals surface area contributed by atoms with Crippen LogP contribution in [-0.2, 0) is 4.79 Å². The number of anilines is 2. The van der Waals surface area contributed by atoms with Crippen molar-refractivity contribution in [3.63, 3.8) is 0 Å². The molecule has 1 amide bonds. The van der Waals surface area contributed by atoms with Gasteiger partial charge in [0.2, 0.25) is 11.9 Å². The first-order valence-corrected chi connectivity index (χ1v) is 9.25. The molecule has 0 radical (unpaired) electrons. The van der Waals surface area contributed by atoms with Crippen LogP contribution in [0.2, 0.25) is 0 Å². The van der Waals surface area contributed by atoms with Crippen molar-refractivity contribution in [3.05, 3.63) is 66.0 Å². The molecule has 2 N–H and O–H groups in total. The molecule has 0 fully saturated rings. The summed E-state index contributed by atoms with van der Waals surface area (Å²) in [5.41, 5.74) is 2.83. The number of nitrogens with one attached hydrogen (secondary N) is 2. The average molecular weight is 377 g/mol. The third-order valence-electron chi connectivity index (χ3n) is 5.16. The zero-order valence-corrected chi connectivity index (χ0v) is 16.1. The predicted octanol–water partition coefficient (Wildman–Crippen LogP) is 3.25. The van der Waals surface area contributed by atoms with Gasteiger partial charge in [0.1, 0.15) is 12.1 Å². The van der Waals surface area contributed by atoms with E-state index < -0.39 is 0 Å². The molecule has 0 saturated carbocycles. The van der Waals surface area contributed by atoms with E-state index in [1.807, 2.05) is 62.4 Å². The molecule has 0 bridgehead atoms. The molecule has 4 rings (SSSR count). The van der Waals surface area contributed by atoms with Gasteiger partial charge < -0.3 is 15.4 Å². The van der Waals surface area contributed by atoms with Crippen molar-refractivity contribution in [2.75, 3.05) is 17.7 Å². The number of aryl methyl sites for hydroxylation is 1. The summed E-state index contributed by atoms with van der Waals surface area (Å²) < 4.78 is 7.16. The van der Waals surface area contributed by atoms with Gasteiger partial charge in [-0.25, -0.2) is 4.68 Å². The number of methoxy groups -OCH3 is 1. The van der Waals surface area contributed by atoms with Crippen molar-refractivity contribution in [2.45, 2.75) is 25.9 Å². The molecule has 2 heterocycles. The lowest BCUT2D eigenvalue weighted by molar-refractivity contribution is -0.121. The standard InChI is InChI=1S/C21H23N5O2/c1-13-8-10-15(11-9-13)19-18(14(2)24-21-22-12-23-26(19)21)20(27)25-16-6-4-5-7-17(16)28-3/h4-12,14,18-19H,1-3H3,(H,25,27)(H,22,23,24)/t14-,18-,19-/m0/s1. The Labute approximate surface area is 163 Å². The van der Waals surface area contributed by atoms with Crippen molar-refractivity contribution in [1.82, 2.24) is 14.8 Å². The monoisotopic (exact) mass is 377 g/mol. The summed E-state index contributed by atoms with van der Waals surface area (Å²) in [6.07, 6.45) is 1.51. The van der Waals surface area contributed by atoms with E-state index in [1.165, 1.54) is 11.9 Å². The minimum atomic E-state index is -0.387. The largest absolute Gasteiger partial charge is 0.495 e. The second-order valence-electron chi connectivity index (χ2n) is 7.03. The number of carbonyl (C=O) groups is 1. The minimum absolute atomic E-state index is 0.101. The molecule has 0 saturated heterocycles. The van der Waals surface area contributed by atoms with Crippen LogP contribution >= 0.6 is 0 Å². The zero-order chi connectivity index (χ0) is 19.7. The van der Waals surface area contributed by atoms with Crippen LogP contribution in [0.25, 0.3) is 0 Å². The Balaban J connectivity index is 1.72. The third kappa shape index (κ3) is 3.19. The molecular weight excluding hydrogens is 354 g/mol. The highest BCUT2D eigenvalue weighted by molar-refractivity contribution is 5.95. The quantitative estimate of drug-likeness (QED) is 0.729. The number of hydrogen-bond donors (Lipinski definition) is 2. The maximum Gasteiger partial charge on any atom is 0.232 e. The highest BCUT2D eigenvalue weighted by Crippen LogP contribution is 2.37. The molecule has 7 heteroatoms. The number of fused-ring (bicyclic) bond motifs is 1. The van der Waals surface area contributed by atoms with Crippen molar-refractivity contribution in [2.24, 2.45) is 5.92 Å². The summed E-state index contributed by atoms with van der Waals surface area (Å²) in [4.78, 5) is 17.7. The second-order valence-corrected chi connectivity index (χ2v) is 7.03. The predicted molar refractivity (Wildman–Crippen MR) is 108 cm³/mol. The molecule has 3 aromatic rings. The SMILES string of the molecule is COc1ccccc1NC(=O)[C@H]1[C@H](C)Nc2ncnn2[C@H]1c1ccc(C)cc1. The van der Waals surface area contributed by atoms with Crippen LogP contribution in [0.15, 0.2) is 54.9 Å². The van der Waals surface area contributed by atoms with Gasteiger partial charge >= 0.3 is 0 Å². The molecule has 1 aliphatic rings. The Hall–Kier alpha value is -3.35. The van der Waals surface area contributed by atoms with Gasteiger partial charge in [0.05, 0.1) is 24.8 Å². The molecule has 28 heavy (non-hydrogen) atoms. The molecule has 144 valence electrons. The van der Waals surface area contributed by atoms with E-state index in [1.54, 1.807) is 11.8 Å². The Bertz CT molecular complexity index is 982. The van der Waals surface area contributed by atoms with Crippen LogP contribution in [0.1, 0.15) is 24.1 Å². The number of amides is 1. The van der Waals surface area contributed by atoms with Crippen molar-refractivity contribution < 1.29 is 9.53 Å². The van der Waals surface area contributed by atoms with Crippen LogP contribution in [0, 0.1) is 12.8 Å². The van der Waals surface area contributed by atoms with Crippen LogP contribution in [-0.4, -0.2) is 33.8 Å². The van der Waals surface area contributed by atoms with Gasteiger partial charge in [0.15, 0.2) is 0 Å². The van der Waals surface area contributed by atoms with E-state index in [9.17, 15) is 4.79 Å². The van der Waals surface area contributed by atoms with Gasteiger partial charge in [0, 0.05) is 6.04 Å².